The molecule has 0 spiro atoms. The van der Waals surface area contributed by atoms with Crippen LogP contribution in [0.3, 0.4) is 0 Å². The van der Waals surface area contributed by atoms with Crippen molar-refractivity contribution in [2.45, 2.75) is 83.4 Å². The van der Waals surface area contributed by atoms with Crippen molar-refractivity contribution in [3.63, 3.8) is 0 Å². The van der Waals surface area contributed by atoms with Gasteiger partial charge in [0.2, 0.25) is 0 Å². The molecule has 1 unspecified atom stereocenters. The van der Waals surface area contributed by atoms with Crippen LogP contribution in [0.25, 0.3) is 0 Å². The van der Waals surface area contributed by atoms with Gasteiger partial charge in [0.05, 0.1) is 18.6 Å². The number of carbonyl (C=O) groups excluding carboxylic acids is 1. The summed E-state index contributed by atoms with van der Waals surface area (Å²) in [7, 11) is -0.308. The van der Waals surface area contributed by atoms with E-state index < -0.39 is 8.32 Å². The predicted molar refractivity (Wildman–Crippen MR) is 107 cm³/mol. The van der Waals surface area contributed by atoms with Gasteiger partial charge in [-0.25, -0.2) is 0 Å². The van der Waals surface area contributed by atoms with Crippen LogP contribution in [0.2, 0.25) is 18.1 Å². The molecular formula is C20H36O5Si. The van der Waals surface area contributed by atoms with Gasteiger partial charge in [0.1, 0.15) is 12.9 Å². The Kier molecular flexibility index (Phi) is 9.23. The first-order valence-corrected chi connectivity index (χ1v) is 12.3. The maximum Gasteiger partial charge on any atom is 0.309 e. The fraction of sp³-hybridized carbons (Fsp3) is 0.750. The van der Waals surface area contributed by atoms with Gasteiger partial charge in [-0.05, 0) is 31.5 Å². The summed E-state index contributed by atoms with van der Waals surface area (Å²) in [5.41, 5.74) is 0. The summed E-state index contributed by atoms with van der Waals surface area (Å²) in [4.78, 5) is 12.0. The van der Waals surface area contributed by atoms with Gasteiger partial charge in [0.15, 0.2) is 8.32 Å². The average molecular weight is 385 g/mol. The highest BCUT2D eigenvalue weighted by Gasteiger charge is 2.38. The van der Waals surface area contributed by atoms with Crippen LogP contribution in [0, 0.1) is 0 Å². The molecule has 0 amide bonds. The maximum atomic E-state index is 12.0. The van der Waals surface area contributed by atoms with Crippen LogP contribution in [-0.4, -0.2) is 46.5 Å². The van der Waals surface area contributed by atoms with E-state index in [1.54, 1.807) is 7.11 Å². The summed E-state index contributed by atoms with van der Waals surface area (Å²) in [6, 6.07) is 0. The topological polar surface area (TPSA) is 54.0 Å². The number of hydrogen-bond acceptors (Lipinski definition) is 5. The van der Waals surface area contributed by atoms with Gasteiger partial charge in [0, 0.05) is 13.5 Å². The molecule has 1 aliphatic rings. The number of cyclic esters (lactones) is 1. The van der Waals surface area contributed by atoms with Crippen LogP contribution in [-0.2, 0) is 23.4 Å². The minimum Gasteiger partial charge on any atom is -0.462 e. The third-order valence-corrected chi connectivity index (χ3v) is 9.39. The highest BCUT2D eigenvalue weighted by molar-refractivity contribution is 6.74. The van der Waals surface area contributed by atoms with Gasteiger partial charge in [-0.3, -0.25) is 4.79 Å². The summed E-state index contributed by atoms with van der Waals surface area (Å²) < 4.78 is 22.5. The average Bonchev–Trinajstić information content (AvgIpc) is 2.49. The van der Waals surface area contributed by atoms with Crippen molar-refractivity contribution < 1.29 is 23.4 Å². The van der Waals surface area contributed by atoms with E-state index in [1.807, 2.05) is 19.1 Å². The van der Waals surface area contributed by atoms with Gasteiger partial charge in [0.25, 0.3) is 0 Å². The zero-order chi connectivity index (χ0) is 19.8. The van der Waals surface area contributed by atoms with Gasteiger partial charge in [-0.1, -0.05) is 45.1 Å². The molecule has 0 bridgehead atoms. The van der Waals surface area contributed by atoms with Crippen LogP contribution in [0.5, 0.6) is 0 Å². The second-order valence-corrected chi connectivity index (χ2v) is 13.1. The highest BCUT2D eigenvalue weighted by atomic mass is 28.4. The molecule has 3 atom stereocenters. The van der Waals surface area contributed by atoms with E-state index in [1.165, 1.54) is 0 Å². The lowest BCUT2D eigenvalue weighted by atomic mass is 10.1. The van der Waals surface area contributed by atoms with Crippen molar-refractivity contribution in [2.24, 2.45) is 0 Å². The second kappa shape index (κ2) is 10.4. The Bertz CT molecular complexity index is 493. The van der Waals surface area contributed by atoms with Gasteiger partial charge in [-0.2, -0.15) is 0 Å². The van der Waals surface area contributed by atoms with Crippen LogP contribution < -0.4 is 0 Å². The third-order valence-electron chi connectivity index (χ3n) is 4.89. The molecule has 0 aromatic heterocycles. The van der Waals surface area contributed by atoms with Crippen LogP contribution in [0.1, 0.15) is 47.0 Å². The van der Waals surface area contributed by atoms with E-state index in [4.69, 9.17) is 18.6 Å². The maximum absolute atomic E-state index is 12.0. The zero-order valence-electron chi connectivity index (χ0n) is 17.4. The van der Waals surface area contributed by atoms with Crippen molar-refractivity contribution in [2.75, 3.05) is 13.9 Å². The van der Waals surface area contributed by atoms with Crippen LogP contribution >= 0.6 is 0 Å². The predicted octanol–water partition coefficient (Wildman–Crippen LogP) is 4.59. The molecule has 1 aliphatic heterocycles. The monoisotopic (exact) mass is 384 g/mol. The first-order chi connectivity index (χ1) is 12.0. The number of rotatable bonds is 5. The molecule has 0 aliphatic carbocycles. The van der Waals surface area contributed by atoms with Crippen LogP contribution in [0.15, 0.2) is 24.3 Å². The van der Waals surface area contributed by atoms with E-state index in [0.717, 1.165) is 6.42 Å². The molecule has 0 aromatic carbocycles. The van der Waals surface area contributed by atoms with Gasteiger partial charge >= 0.3 is 5.97 Å². The summed E-state index contributed by atoms with van der Waals surface area (Å²) in [6.45, 7) is 13.3. The fourth-order valence-corrected chi connectivity index (χ4v) is 3.62. The van der Waals surface area contributed by atoms with Crippen molar-refractivity contribution >= 4 is 14.3 Å². The molecule has 0 radical (unpaired) electrons. The molecule has 0 aromatic rings. The summed E-state index contributed by atoms with van der Waals surface area (Å²) in [6.07, 6.45) is 9.19. The second-order valence-electron chi connectivity index (χ2n) is 8.36. The Morgan fingerprint density at radius 1 is 1.15 bits per heavy atom. The number of carbonyl (C=O) groups is 1. The fourth-order valence-electron chi connectivity index (χ4n) is 2.33. The Morgan fingerprint density at radius 3 is 2.38 bits per heavy atom. The third kappa shape index (κ3) is 8.16. The minimum atomic E-state index is -1.87. The van der Waals surface area contributed by atoms with Crippen molar-refractivity contribution in [1.29, 1.82) is 0 Å². The number of methoxy groups -OCH3 is 1. The summed E-state index contributed by atoms with van der Waals surface area (Å²) >= 11 is 0. The van der Waals surface area contributed by atoms with E-state index in [0.29, 0.717) is 6.42 Å². The van der Waals surface area contributed by atoms with E-state index in [9.17, 15) is 4.79 Å². The lowest BCUT2D eigenvalue weighted by Crippen LogP contribution is -2.43. The van der Waals surface area contributed by atoms with Crippen molar-refractivity contribution in [1.82, 2.24) is 0 Å². The summed E-state index contributed by atoms with van der Waals surface area (Å²) in [5.74, 6) is -0.258. The first-order valence-electron chi connectivity index (χ1n) is 9.36. The smallest absolute Gasteiger partial charge is 0.309 e. The SMILES string of the molecule is COCO[C@H]1/C=C/CC(O[Si](C)(C)C(C)(C)C)/C=C/C[C@@H](C)OC(=O)C1. The highest BCUT2D eigenvalue weighted by Crippen LogP contribution is 2.37. The number of esters is 1. The Balaban J connectivity index is 2.91. The molecule has 26 heavy (non-hydrogen) atoms. The van der Waals surface area contributed by atoms with Crippen LogP contribution in [0.4, 0.5) is 0 Å². The van der Waals surface area contributed by atoms with Gasteiger partial charge in [-0.15, -0.1) is 0 Å². The van der Waals surface area contributed by atoms with Crippen molar-refractivity contribution in [3.05, 3.63) is 24.3 Å². The molecule has 5 nitrogen and oxygen atoms in total. The molecular weight excluding hydrogens is 348 g/mol. The number of ether oxygens (including phenoxy) is 3. The molecule has 0 saturated carbocycles. The Hall–Kier alpha value is -0.953. The number of hydrogen-bond donors (Lipinski definition) is 0. The molecule has 0 N–H and O–H groups in total. The van der Waals surface area contributed by atoms with E-state index >= 15 is 0 Å². The Morgan fingerprint density at radius 2 is 1.77 bits per heavy atom. The standard InChI is InChI=1S/C20H36O5Si/c1-16-10-8-11-17(25-26(6,7)20(2,3)4)12-9-13-18(23-15-22-5)14-19(21)24-16/h8-9,11,13,16-18H,10,12,14-15H2,1-7H3/b11-8+,13-9+/t16-,17?,18+/m1/s1. The van der Waals surface area contributed by atoms with Crippen molar-refractivity contribution in [3.8, 4) is 0 Å². The molecule has 150 valence electrons. The largest absolute Gasteiger partial charge is 0.462 e. The first kappa shape index (κ1) is 23.1. The Labute approximate surface area is 159 Å². The van der Waals surface area contributed by atoms with E-state index in [-0.39, 0.29) is 42.5 Å². The summed E-state index contributed by atoms with van der Waals surface area (Å²) in [5, 5.41) is 0.154. The lowest BCUT2D eigenvalue weighted by molar-refractivity contribution is -0.152. The van der Waals surface area contributed by atoms with Gasteiger partial charge < -0.3 is 18.6 Å². The zero-order valence-corrected chi connectivity index (χ0v) is 18.4. The minimum absolute atomic E-state index is 0.0116. The quantitative estimate of drug-likeness (QED) is 0.300. The molecule has 1 rings (SSSR count). The molecule has 1 heterocycles. The van der Waals surface area contributed by atoms with E-state index in [2.05, 4.69) is 46.0 Å². The molecule has 6 heteroatoms. The normalized spacial score (nSPS) is 28.6. The molecule has 0 saturated heterocycles. The lowest BCUT2D eigenvalue weighted by Gasteiger charge is -2.38. The molecule has 0 fully saturated rings.